The summed E-state index contributed by atoms with van der Waals surface area (Å²) in [6.07, 6.45) is 4.52. The first-order valence-electron chi connectivity index (χ1n) is 5.50. The van der Waals surface area contributed by atoms with Crippen LogP contribution in [0.3, 0.4) is 0 Å². The van der Waals surface area contributed by atoms with Crippen LogP contribution >= 0.6 is 0 Å². The van der Waals surface area contributed by atoms with Gasteiger partial charge in [0.25, 0.3) is 0 Å². The number of hydrogen-bond donors (Lipinski definition) is 1. The van der Waals surface area contributed by atoms with Gasteiger partial charge in [0.1, 0.15) is 0 Å². The van der Waals surface area contributed by atoms with Crippen molar-refractivity contribution in [2.24, 2.45) is 5.41 Å². The molecule has 0 atom stereocenters. The monoisotopic (exact) mass is 183 g/mol. The Morgan fingerprint density at radius 3 is 2.31 bits per heavy atom. The van der Waals surface area contributed by atoms with Gasteiger partial charge in [-0.2, -0.15) is 0 Å². The zero-order valence-electron chi connectivity index (χ0n) is 8.84. The van der Waals surface area contributed by atoms with Gasteiger partial charge in [-0.1, -0.05) is 13.8 Å². The Balaban J connectivity index is 1.75. The van der Waals surface area contributed by atoms with E-state index in [0.29, 0.717) is 5.41 Å². The van der Waals surface area contributed by atoms with Gasteiger partial charge in [-0.25, -0.2) is 0 Å². The number of nitrogens with zero attached hydrogens (tertiary/aromatic N) is 1. The van der Waals surface area contributed by atoms with E-state index in [-0.39, 0.29) is 5.60 Å². The lowest BCUT2D eigenvalue weighted by Gasteiger charge is -2.52. The molecule has 2 heteroatoms. The van der Waals surface area contributed by atoms with Crippen LogP contribution in [0.1, 0.15) is 39.5 Å². The molecule has 1 aliphatic heterocycles. The summed E-state index contributed by atoms with van der Waals surface area (Å²) in [5.41, 5.74) is 0.231. The second-order valence-electron chi connectivity index (χ2n) is 5.39. The molecule has 2 aliphatic rings. The fourth-order valence-corrected chi connectivity index (χ4v) is 2.53. The summed E-state index contributed by atoms with van der Waals surface area (Å²) in [5.74, 6) is 0. The van der Waals surface area contributed by atoms with E-state index < -0.39 is 0 Å². The predicted molar refractivity (Wildman–Crippen MR) is 53.6 cm³/mol. The largest absolute Gasteiger partial charge is 0.389 e. The van der Waals surface area contributed by atoms with Crippen LogP contribution in [0.25, 0.3) is 0 Å². The summed E-state index contributed by atoms with van der Waals surface area (Å²) in [5, 5.41) is 9.95. The average Bonchev–Trinajstić information content (AvgIpc) is 1.98. The van der Waals surface area contributed by atoms with E-state index >= 15 is 0 Å². The number of β-amino-alcohol motifs (C(OH)–C–C–N with tert-alkyl or cyclic N) is 1. The molecule has 0 spiro atoms. The molecule has 1 saturated carbocycles. The van der Waals surface area contributed by atoms with Crippen molar-refractivity contribution < 1.29 is 5.11 Å². The molecule has 1 saturated heterocycles. The summed E-state index contributed by atoms with van der Waals surface area (Å²) >= 11 is 0. The summed E-state index contributed by atoms with van der Waals surface area (Å²) in [7, 11) is 0. The Morgan fingerprint density at radius 1 is 1.31 bits per heavy atom. The first-order valence-corrected chi connectivity index (χ1v) is 5.50. The fourth-order valence-electron chi connectivity index (χ4n) is 2.53. The van der Waals surface area contributed by atoms with Gasteiger partial charge in [0.15, 0.2) is 0 Å². The Kier molecular flexibility index (Phi) is 2.16. The summed E-state index contributed by atoms with van der Waals surface area (Å²) in [6.45, 7) is 7.89. The van der Waals surface area contributed by atoms with Crippen molar-refractivity contribution in [2.45, 2.75) is 45.1 Å². The SMILES string of the molecule is CCC1(C)CN(CC2(O)CCC2)C1. The minimum atomic E-state index is -0.310. The zero-order chi connectivity index (χ0) is 9.53. The van der Waals surface area contributed by atoms with Crippen LogP contribution in [-0.4, -0.2) is 35.2 Å². The predicted octanol–water partition coefficient (Wildman–Crippen LogP) is 1.63. The second kappa shape index (κ2) is 2.96. The van der Waals surface area contributed by atoms with Crippen molar-refractivity contribution in [3.05, 3.63) is 0 Å². The molecule has 0 aromatic carbocycles. The number of rotatable bonds is 3. The van der Waals surface area contributed by atoms with Crippen LogP contribution < -0.4 is 0 Å². The average molecular weight is 183 g/mol. The second-order valence-corrected chi connectivity index (χ2v) is 5.39. The van der Waals surface area contributed by atoms with Crippen molar-refractivity contribution in [3.8, 4) is 0 Å². The van der Waals surface area contributed by atoms with Gasteiger partial charge < -0.3 is 5.11 Å². The van der Waals surface area contributed by atoms with Crippen molar-refractivity contribution in [3.63, 3.8) is 0 Å². The van der Waals surface area contributed by atoms with Crippen LogP contribution in [0.15, 0.2) is 0 Å². The minimum absolute atomic E-state index is 0.310. The highest BCUT2D eigenvalue weighted by molar-refractivity contribution is 4.97. The molecule has 2 nitrogen and oxygen atoms in total. The van der Waals surface area contributed by atoms with Crippen molar-refractivity contribution >= 4 is 0 Å². The summed E-state index contributed by atoms with van der Waals surface area (Å²) in [6, 6.07) is 0. The lowest BCUT2D eigenvalue weighted by atomic mass is 9.75. The van der Waals surface area contributed by atoms with Crippen LogP contribution in [0.4, 0.5) is 0 Å². The van der Waals surface area contributed by atoms with Gasteiger partial charge >= 0.3 is 0 Å². The Hall–Kier alpha value is -0.0800. The van der Waals surface area contributed by atoms with Gasteiger partial charge in [0.2, 0.25) is 0 Å². The Labute approximate surface area is 80.9 Å². The Bertz CT molecular complexity index is 192. The minimum Gasteiger partial charge on any atom is -0.389 e. The molecular formula is C11H21NO. The molecule has 1 N–H and O–H groups in total. The first-order chi connectivity index (χ1) is 6.05. The van der Waals surface area contributed by atoms with Crippen molar-refractivity contribution in [1.82, 2.24) is 4.90 Å². The number of likely N-dealkylation sites (tertiary alicyclic amines) is 1. The molecule has 0 aromatic rings. The lowest BCUT2D eigenvalue weighted by molar-refractivity contribution is -0.0991. The van der Waals surface area contributed by atoms with Crippen LogP contribution in [-0.2, 0) is 0 Å². The molecule has 1 heterocycles. The van der Waals surface area contributed by atoms with E-state index in [0.717, 1.165) is 19.4 Å². The van der Waals surface area contributed by atoms with E-state index in [1.807, 2.05) is 0 Å². The molecule has 2 rings (SSSR count). The highest BCUT2D eigenvalue weighted by Crippen LogP contribution is 2.38. The maximum Gasteiger partial charge on any atom is 0.0774 e. The van der Waals surface area contributed by atoms with E-state index in [9.17, 15) is 5.11 Å². The molecule has 0 aromatic heterocycles. The van der Waals surface area contributed by atoms with Gasteiger partial charge in [0.05, 0.1) is 5.60 Å². The normalized spacial score (nSPS) is 30.7. The molecule has 0 radical (unpaired) electrons. The number of hydrogen-bond acceptors (Lipinski definition) is 2. The summed E-state index contributed by atoms with van der Waals surface area (Å²) < 4.78 is 0. The Morgan fingerprint density at radius 2 is 1.92 bits per heavy atom. The molecule has 2 fully saturated rings. The highest BCUT2D eigenvalue weighted by atomic mass is 16.3. The molecule has 1 aliphatic carbocycles. The van der Waals surface area contributed by atoms with Crippen molar-refractivity contribution in [1.29, 1.82) is 0 Å². The molecular weight excluding hydrogens is 162 g/mol. The van der Waals surface area contributed by atoms with Gasteiger partial charge in [-0.05, 0) is 31.1 Å². The van der Waals surface area contributed by atoms with E-state index in [1.165, 1.54) is 25.9 Å². The molecule has 13 heavy (non-hydrogen) atoms. The molecule has 0 amide bonds. The van der Waals surface area contributed by atoms with Crippen LogP contribution in [0.2, 0.25) is 0 Å². The van der Waals surface area contributed by atoms with E-state index in [1.54, 1.807) is 0 Å². The molecule has 76 valence electrons. The zero-order valence-corrected chi connectivity index (χ0v) is 8.84. The first kappa shape index (κ1) is 9.47. The number of aliphatic hydroxyl groups is 1. The smallest absolute Gasteiger partial charge is 0.0774 e. The van der Waals surface area contributed by atoms with Crippen LogP contribution in [0.5, 0.6) is 0 Å². The molecule has 0 bridgehead atoms. The highest BCUT2D eigenvalue weighted by Gasteiger charge is 2.43. The topological polar surface area (TPSA) is 23.5 Å². The maximum atomic E-state index is 9.95. The quantitative estimate of drug-likeness (QED) is 0.719. The van der Waals surface area contributed by atoms with Gasteiger partial charge in [-0.15, -0.1) is 0 Å². The van der Waals surface area contributed by atoms with E-state index in [2.05, 4.69) is 18.7 Å². The lowest BCUT2D eigenvalue weighted by Crippen LogP contribution is -2.60. The van der Waals surface area contributed by atoms with Crippen LogP contribution in [0, 0.1) is 5.41 Å². The third-order valence-electron chi connectivity index (χ3n) is 3.87. The van der Waals surface area contributed by atoms with E-state index in [4.69, 9.17) is 0 Å². The maximum absolute atomic E-state index is 9.95. The summed E-state index contributed by atoms with van der Waals surface area (Å²) in [4.78, 5) is 2.41. The van der Waals surface area contributed by atoms with Gasteiger partial charge in [-0.3, -0.25) is 4.90 Å². The van der Waals surface area contributed by atoms with Crippen molar-refractivity contribution in [2.75, 3.05) is 19.6 Å². The third kappa shape index (κ3) is 1.75. The fraction of sp³-hybridized carbons (Fsp3) is 1.00. The molecule has 0 unspecified atom stereocenters. The standard InChI is InChI=1S/C11H21NO/c1-3-10(2)7-12(8-10)9-11(13)5-4-6-11/h13H,3-9H2,1-2H3. The third-order valence-corrected chi connectivity index (χ3v) is 3.87. The van der Waals surface area contributed by atoms with Gasteiger partial charge in [0, 0.05) is 19.6 Å².